The van der Waals surface area contributed by atoms with Gasteiger partial charge >= 0.3 is 0 Å². The molecule has 0 radical (unpaired) electrons. The number of nitrogens with zero attached hydrogens (tertiary/aromatic N) is 1. The van der Waals surface area contributed by atoms with Gasteiger partial charge in [-0.2, -0.15) is 0 Å². The highest BCUT2D eigenvalue weighted by atomic mass is 16.3. The minimum absolute atomic E-state index is 0.00634. The Balaban J connectivity index is 2.33. The third-order valence-electron chi connectivity index (χ3n) is 3.38. The van der Waals surface area contributed by atoms with E-state index in [0.717, 1.165) is 25.9 Å². The molecule has 0 aliphatic carbocycles. The van der Waals surface area contributed by atoms with Crippen LogP contribution < -0.4 is 11.1 Å². The van der Waals surface area contributed by atoms with Crippen LogP contribution in [0.25, 0.3) is 0 Å². The number of hydrogen-bond donors (Lipinski definition) is 3. The number of nitrogens with one attached hydrogen (secondary N) is 1. The van der Waals surface area contributed by atoms with Crippen molar-refractivity contribution in [1.82, 2.24) is 10.2 Å². The summed E-state index contributed by atoms with van der Waals surface area (Å²) in [6.07, 6.45) is 3.03. The number of nitrogens with two attached hydrogens (primary N) is 1. The second-order valence-electron chi connectivity index (χ2n) is 5.38. The lowest BCUT2D eigenvalue weighted by Gasteiger charge is -2.24. The summed E-state index contributed by atoms with van der Waals surface area (Å²) in [7, 11) is 0. The standard InChI is InChI=1S/C13H27N3O2/c1-10(7-11(2)17)15-12(9-14)8-13(18)16-5-3-4-6-16/h10-12,15,17H,3-9,14H2,1-2H3. The SMILES string of the molecule is CC(O)CC(C)NC(CN)CC(=O)N1CCCC1. The van der Waals surface area contributed by atoms with Gasteiger partial charge in [-0.25, -0.2) is 0 Å². The molecule has 1 heterocycles. The van der Waals surface area contributed by atoms with Crippen LogP contribution in [0.4, 0.5) is 0 Å². The highest BCUT2D eigenvalue weighted by molar-refractivity contribution is 5.77. The molecule has 0 spiro atoms. The first-order chi connectivity index (χ1) is 8.52. The molecule has 3 atom stereocenters. The van der Waals surface area contributed by atoms with Crippen LogP contribution in [0, 0.1) is 0 Å². The summed E-state index contributed by atoms with van der Waals surface area (Å²) in [4.78, 5) is 13.9. The van der Waals surface area contributed by atoms with Crippen molar-refractivity contribution in [2.45, 2.75) is 57.7 Å². The quantitative estimate of drug-likeness (QED) is 0.603. The molecule has 1 amide bonds. The summed E-state index contributed by atoms with van der Waals surface area (Å²) in [5.74, 6) is 0.194. The van der Waals surface area contributed by atoms with Gasteiger partial charge in [-0.05, 0) is 33.1 Å². The highest BCUT2D eigenvalue weighted by Crippen LogP contribution is 2.10. The van der Waals surface area contributed by atoms with Gasteiger partial charge in [-0.3, -0.25) is 4.79 Å². The zero-order valence-corrected chi connectivity index (χ0v) is 11.6. The van der Waals surface area contributed by atoms with Crippen LogP contribution in [0.1, 0.15) is 39.5 Å². The molecule has 0 aromatic heterocycles. The van der Waals surface area contributed by atoms with Gasteiger partial charge < -0.3 is 21.1 Å². The van der Waals surface area contributed by atoms with Crippen LogP contribution in [-0.2, 0) is 4.79 Å². The van der Waals surface area contributed by atoms with Crippen LogP contribution in [0.5, 0.6) is 0 Å². The van der Waals surface area contributed by atoms with Crippen LogP contribution in [0.2, 0.25) is 0 Å². The van der Waals surface area contributed by atoms with Crippen molar-refractivity contribution in [3.8, 4) is 0 Å². The number of carbonyl (C=O) groups excluding carboxylic acids is 1. The van der Waals surface area contributed by atoms with Gasteiger partial charge in [0.05, 0.1) is 6.10 Å². The monoisotopic (exact) mass is 257 g/mol. The van der Waals surface area contributed by atoms with Crippen molar-refractivity contribution >= 4 is 5.91 Å². The van der Waals surface area contributed by atoms with Gasteiger partial charge in [-0.1, -0.05) is 0 Å². The largest absolute Gasteiger partial charge is 0.393 e. The number of aliphatic hydroxyl groups excluding tert-OH is 1. The molecule has 0 aromatic rings. The summed E-state index contributed by atoms with van der Waals surface area (Å²) in [5, 5.41) is 12.6. The molecule has 1 rings (SSSR count). The Morgan fingerprint density at radius 2 is 2.00 bits per heavy atom. The van der Waals surface area contributed by atoms with Crippen LogP contribution >= 0.6 is 0 Å². The maximum Gasteiger partial charge on any atom is 0.224 e. The number of aliphatic hydroxyl groups is 1. The number of rotatable bonds is 7. The fraction of sp³-hybridized carbons (Fsp3) is 0.923. The second-order valence-corrected chi connectivity index (χ2v) is 5.38. The molecule has 0 aromatic carbocycles. The number of likely N-dealkylation sites (tertiary alicyclic amines) is 1. The third kappa shape index (κ3) is 5.33. The van der Waals surface area contributed by atoms with E-state index in [9.17, 15) is 9.90 Å². The number of amides is 1. The molecule has 3 unspecified atom stereocenters. The van der Waals surface area contributed by atoms with Gasteiger partial charge in [-0.15, -0.1) is 0 Å². The van der Waals surface area contributed by atoms with Crippen molar-refractivity contribution < 1.29 is 9.90 Å². The Labute approximate surface area is 110 Å². The minimum Gasteiger partial charge on any atom is -0.393 e. The number of hydrogen-bond acceptors (Lipinski definition) is 4. The van der Waals surface area contributed by atoms with E-state index in [0.29, 0.717) is 19.4 Å². The Kier molecular flexibility index (Phi) is 6.60. The molecule has 106 valence electrons. The van der Waals surface area contributed by atoms with E-state index in [2.05, 4.69) is 5.32 Å². The highest BCUT2D eigenvalue weighted by Gasteiger charge is 2.22. The van der Waals surface area contributed by atoms with Gasteiger partial charge in [0.25, 0.3) is 0 Å². The molecule has 5 nitrogen and oxygen atoms in total. The van der Waals surface area contributed by atoms with E-state index in [1.807, 2.05) is 11.8 Å². The maximum atomic E-state index is 12.0. The summed E-state index contributed by atoms with van der Waals surface area (Å²) < 4.78 is 0. The van der Waals surface area contributed by atoms with E-state index in [1.165, 1.54) is 0 Å². The fourth-order valence-corrected chi connectivity index (χ4v) is 2.50. The van der Waals surface area contributed by atoms with Gasteiger partial charge in [0.2, 0.25) is 5.91 Å². The lowest BCUT2D eigenvalue weighted by atomic mass is 10.1. The van der Waals surface area contributed by atoms with Crippen LogP contribution in [0.3, 0.4) is 0 Å². The minimum atomic E-state index is -0.333. The van der Waals surface area contributed by atoms with Gasteiger partial charge in [0, 0.05) is 38.1 Å². The third-order valence-corrected chi connectivity index (χ3v) is 3.38. The van der Waals surface area contributed by atoms with E-state index in [-0.39, 0.29) is 24.1 Å². The van der Waals surface area contributed by atoms with E-state index >= 15 is 0 Å². The molecule has 5 heteroatoms. The summed E-state index contributed by atoms with van der Waals surface area (Å²) in [6.45, 7) is 6.00. The Morgan fingerprint density at radius 3 is 2.50 bits per heavy atom. The molecule has 1 fully saturated rings. The molecule has 4 N–H and O–H groups in total. The normalized spacial score (nSPS) is 20.8. The summed E-state index contributed by atoms with van der Waals surface area (Å²) in [6, 6.07) is 0.178. The average molecular weight is 257 g/mol. The van der Waals surface area contributed by atoms with Crippen molar-refractivity contribution in [2.24, 2.45) is 5.73 Å². The zero-order valence-electron chi connectivity index (χ0n) is 11.6. The lowest BCUT2D eigenvalue weighted by Crippen LogP contribution is -2.45. The number of carbonyl (C=O) groups is 1. The molecule has 0 bridgehead atoms. The predicted octanol–water partition coefficient (Wildman–Crippen LogP) is 0.0752. The van der Waals surface area contributed by atoms with Crippen LogP contribution in [0.15, 0.2) is 0 Å². The summed E-state index contributed by atoms with van der Waals surface area (Å²) in [5.41, 5.74) is 5.70. The Hall–Kier alpha value is -0.650. The molecule has 18 heavy (non-hydrogen) atoms. The molecule has 1 aliphatic rings. The maximum absolute atomic E-state index is 12.0. The van der Waals surface area contributed by atoms with E-state index in [4.69, 9.17) is 5.73 Å². The van der Waals surface area contributed by atoms with Crippen molar-refractivity contribution in [3.05, 3.63) is 0 Å². The topological polar surface area (TPSA) is 78.6 Å². The van der Waals surface area contributed by atoms with E-state index in [1.54, 1.807) is 6.92 Å². The fourth-order valence-electron chi connectivity index (χ4n) is 2.50. The van der Waals surface area contributed by atoms with Crippen molar-refractivity contribution in [2.75, 3.05) is 19.6 Å². The first kappa shape index (κ1) is 15.4. The average Bonchev–Trinajstić information content (AvgIpc) is 2.80. The lowest BCUT2D eigenvalue weighted by molar-refractivity contribution is -0.130. The first-order valence-corrected chi connectivity index (χ1v) is 6.95. The smallest absolute Gasteiger partial charge is 0.224 e. The Bertz CT molecular complexity index is 253. The van der Waals surface area contributed by atoms with E-state index < -0.39 is 0 Å². The molecule has 0 saturated carbocycles. The predicted molar refractivity (Wildman–Crippen MR) is 72.2 cm³/mol. The summed E-state index contributed by atoms with van der Waals surface area (Å²) >= 11 is 0. The molecular formula is C13H27N3O2. The van der Waals surface area contributed by atoms with Gasteiger partial charge in [0.15, 0.2) is 0 Å². The van der Waals surface area contributed by atoms with Crippen molar-refractivity contribution in [1.29, 1.82) is 0 Å². The zero-order chi connectivity index (χ0) is 13.5. The van der Waals surface area contributed by atoms with Gasteiger partial charge in [0.1, 0.15) is 0 Å². The van der Waals surface area contributed by atoms with Crippen LogP contribution in [-0.4, -0.2) is 53.7 Å². The Morgan fingerprint density at radius 1 is 1.39 bits per heavy atom. The first-order valence-electron chi connectivity index (χ1n) is 6.95. The molecular weight excluding hydrogens is 230 g/mol. The molecule has 1 saturated heterocycles. The van der Waals surface area contributed by atoms with Crippen molar-refractivity contribution in [3.63, 3.8) is 0 Å². The molecule has 1 aliphatic heterocycles. The second kappa shape index (κ2) is 7.71.